The molecule has 2 amide bonds. The molecule has 33 heavy (non-hydrogen) atoms. The minimum absolute atomic E-state index is 0.108. The number of likely N-dealkylation sites (tertiary alicyclic amines) is 1. The van der Waals surface area contributed by atoms with Crippen LogP contribution in [0.5, 0.6) is 5.75 Å². The van der Waals surface area contributed by atoms with E-state index in [0.29, 0.717) is 30.5 Å². The van der Waals surface area contributed by atoms with E-state index in [1.165, 1.54) is 4.90 Å². The quantitative estimate of drug-likeness (QED) is 0.494. The number of hydrogen-bond acceptors (Lipinski definition) is 6. The molecule has 2 fully saturated rings. The second-order valence-corrected chi connectivity index (χ2v) is 10.4. The molecule has 5 rings (SSSR count). The third-order valence-corrected chi connectivity index (χ3v) is 7.90. The number of pyridine rings is 1. The number of nitrogens with zero attached hydrogens (tertiary/aromatic N) is 2. The van der Waals surface area contributed by atoms with Crippen molar-refractivity contribution in [3.05, 3.63) is 45.9 Å². The van der Waals surface area contributed by atoms with Gasteiger partial charge >= 0.3 is 0 Å². The summed E-state index contributed by atoms with van der Waals surface area (Å²) in [5.41, 5.74) is 3.79. The molecule has 2 atom stereocenters. The molecule has 2 aliphatic rings. The Bertz CT molecular complexity index is 1230. The zero-order valence-electron chi connectivity index (χ0n) is 18.7. The molecule has 0 unspecified atom stereocenters. The molecule has 3 aromatic rings. The lowest BCUT2D eigenvalue weighted by Gasteiger charge is -2.20. The van der Waals surface area contributed by atoms with E-state index in [4.69, 9.17) is 16.3 Å². The van der Waals surface area contributed by atoms with Crippen LogP contribution in [0, 0.1) is 6.92 Å². The number of rotatable bonds is 6. The molecule has 3 heterocycles. The molecular formula is C25H26ClN3O3S. The highest BCUT2D eigenvalue weighted by atomic mass is 35.5. The number of hydrogen-bond donors (Lipinski definition) is 1. The number of amides is 2. The fourth-order valence-corrected chi connectivity index (χ4v) is 6.20. The molecule has 8 heteroatoms. The zero-order valence-corrected chi connectivity index (χ0v) is 20.3. The van der Waals surface area contributed by atoms with Crippen molar-refractivity contribution in [3.8, 4) is 16.9 Å². The Hall–Kier alpha value is -2.48. The number of imide groups is 1. The number of aromatic nitrogens is 1. The normalized spacial score (nSPS) is 20.9. The van der Waals surface area contributed by atoms with Crippen LogP contribution < -0.4 is 10.1 Å². The van der Waals surface area contributed by atoms with Gasteiger partial charge < -0.3 is 10.1 Å². The van der Waals surface area contributed by atoms with E-state index < -0.39 is 0 Å². The average Bonchev–Trinajstić information content (AvgIpc) is 3.50. The summed E-state index contributed by atoms with van der Waals surface area (Å²) in [6.45, 7) is 2.32. The molecule has 1 aliphatic carbocycles. The lowest BCUT2D eigenvalue weighted by molar-refractivity contribution is -0.138. The Kier molecular flexibility index (Phi) is 6.12. The standard InChI is InChI=1S/C25H26ClN3O3S/c1-14-9-15(26)10-20(24(14)32-17-4-3-16(11-17)27-2)19-7-8-28-21-12-18(33-25(19)21)13-29-22(30)5-6-23(29)31/h7-10,12,16-17,27H,3-6,11,13H2,1-2H3/t16-,17-/m1/s1. The van der Waals surface area contributed by atoms with Crippen LogP contribution in [0.4, 0.5) is 0 Å². The number of carbonyl (C=O) groups excluding carboxylic acids is 2. The Morgan fingerprint density at radius 1 is 1.18 bits per heavy atom. The second-order valence-electron chi connectivity index (χ2n) is 8.80. The van der Waals surface area contributed by atoms with E-state index in [1.54, 1.807) is 17.5 Å². The fraction of sp³-hybridized carbons (Fsp3) is 0.400. The van der Waals surface area contributed by atoms with Crippen LogP contribution in [0.1, 0.15) is 42.5 Å². The SMILES string of the molecule is CN[C@@H]1CC[C@@H](Oc2c(C)cc(Cl)cc2-c2ccnc3cc(CN4C(=O)CCC4=O)sc23)C1. The van der Waals surface area contributed by atoms with E-state index in [1.807, 2.05) is 38.2 Å². The summed E-state index contributed by atoms with van der Waals surface area (Å²) in [4.78, 5) is 31.0. The Morgan fingerprint density at radius 3 is 2.70 bits per heavy atom. The first-order chi connectivity index (χ1) is 15.9. The van der Waals surface area contributed by atoms with Gasteiger partial charge in [0.1, 0.15) is 11.9 Å². The van der Waals surface area contributed by atoms with Gasteiger partial charge in [-0.2, -0.15) is 0 Å². The molecule has 0 radical (unpaired) electrons. The van der Waals surface area contributed by atoms with Gasteiger partial charge in [-0.1, -0.05) is 11.6 Å². The first-order valence-electron chi connectivity index (χ1n) is 11.3. The fourth-order valence-electron chi connectivity index (χ4n) is 4.79. The number of thiophene rings is 1. The maximum Gasteiger partial charge on any atom is 0.230 e. The summed E-state index contributed by atoms with van der Waals surface area (Å²) >= 11 is 8.04. The molecule has 172 valence electrons. The van der Waals surface area contributed by atoms with Crippen LogP contribution >= 0.6 is 22.9 Å². The number of halogens is 1. The molecular weight excluding hydrogens is 458 g/mol. The van der Waals surface area contributed by atoms with Crippen molar-refractivity contribution in [3.63, 3.8) is 0 Å². The largest absolute Gasteiger partial charge is 0.489 e. The molecule has 0 bridgehead atoms. The van der Waals surface area contributed by atoms with Crippen LogP contribution in [0.15, 0.2) is 30.5 Å². The van der Waals surface area contributed by atoms with Crippen molar-refractivity contribution in [2.45, 2.75) is 57.7 Å². The average molecular weight is 484 g/mol. The minimum atomic E-state index is -0.108. The Balaban J connectivity index is 1.53. The molecule has 0 spiro atoms. The van der Waals surface area contributed by atoms with Crippen LogP contribution in [0.3, 0.4) is 0 Å². The van der Waals surface area contributed by atoms with Crippen molar-refractivity contribution in [1.29, 1.82) is 0 Å². The number of nitrogens with one attached hydrogen (secondary N) is 1. The van der Waals surface area contributed by atoms with E-state index in [9.17, 15) is 9.59 Å². The third-order valence-electron chi connectivity index (χ3n) is 6.54. The predicted molar refractivity (Wildman–Crippen MR) is 131 cm³/mol. The van der Waals surface area contributed by atoms with Gasteiger partial charge in [0.05, 0.1) is 16.8 Å². The maximum atomic E-state index is 12.1. The number of fused-ring (bicyclic) bond motifs is 1. The summed E-state index contributed by atoms with van der Waals surface area (Å²) < 4.78 is 7.56. The second kappa shape index (κ2) is 9.05. The number of aryl methyl sites for hydroxylation is 1. The minimum Gasteiger partial charge on any atom is -0.489 e. The first kappa shape index (κ1) is 22.3. The third kappa shape index (κ3) is 4.37. The predicted octanol–water partition coefficient (Wildman–Crippen LogP) is 5.09. The van der Waals surface area contributed by atoms with Gasteiger partial charge in [0.15, 0.2) is 0 Å². The van der Waals surface area contributed by atoms with Crippen molar-refractivity contribution < 1.29 is 14.3 Å². The van der Waals surface area contributed by atoms with E-state index >= 15 is 0 Å². The molecule has 1 saturated heterocycles. The van der Waals surface area contributed by atoms with Crippen LogP contribution in [0.25, 0.3) is 21.3 Å². The smallest absolute Gasteiger partial charge is 0.230 e. The molecule has 6 nitrogen and oxygen atoms in total. The summed E-state index contributed by atoms with van der Waals surface area (Å²) in [7, 11) is 2.00. The first-order valence-corrected chi connectivity index (χ1v) is 12.5. The van der Waals surface area contributed by atoms with Gasteiger partial charge in [-0.05, 0) is 63.1 Å². The maximum absolute atomic E-state index is 12.1. The number of ether oxygens (including phenoxy) is 1. The highest BCUT2D eigenvalue weighted by Gasteiger charge is 2.30. The topological polar surface area (TPSA) is 71.5 Å². The van der Waals surface area contributed by atoms with Gasteiger partial charge in [0, 0.05) is 46.1 Å². The molecule has 1 saturated carbocycles. The highest BCUT2D eigenvalue weighted by Crippen LogP contribution is 2.42. The summed E-state index contributed by atoms with van der Waals surface area (Å²) in [5, 5.41) is 4.01. The van der Waals surface area contributed by atoms with Gasteiger partial charge in [-0.15, -0.1) is 11.3 Å². The van der Waals surface area contributed by atoms with Crippen molar-refractivity contribution >= 4 is 45.0 Å². The zero-order chi connectivity index (χ0) is 23.1. The van der Waals surface area contributed by atoms with Crippen LogP contribution in [0.2, 0.25) is 5.02 Å². The monoisotopic (exact) mass is 483 g/mol. The van der Waals surface area contributed by atoms with Gasteiger partial charge in [-0.3, -0.25) is 19.5 Å². The number of benzene rings is 1. The molecule has 1 N–H and O–H groups in total. The van der Waals surface area contributed by atoms with E-state index in [2.05, 4.69) is 10.3 Å². The molecule has 2 aromatic heterocycles. The molecule has 1 aromatic carbocycles. The highest BCUT2D eigenvalue weighted by molar-refractivity contribution is 7.19. The van der Waals surface area contributed by atoms with E-state index in [0.717, 1.165) is 56.8 Å². The summed E-state index contributed by atoms with van der Waals surface area (Å²) in [6.07, 6.45) is 5.63. The van der Waals surface area contributed by atoms with Gasteiger partial charge in [-0.25, -0.2) is 0 Å². The van der Waals surface area contributed by atoms with Crippen molar-refractivity contribution in [2.75, 3.05) is 7.05 Å². The van der Waals surface area contributed by atoms with Gasteiger partial charge in [0.25, 0.3) is 0 Å². The van der Waals surface area contributed by atoms with Crippen LogP contribution in [-0.4, -0.2) is 40.9 Å². The Labute approximate surface area is 201 Å². The summed E-state index contributed by atoms with van der Waals surface area (Å²) in [6, 6.07) is 8.32. The lowest BCUT2D eigenvalue weighted by Crippen LogP contribution is -2.27. The van der Waals surface area contributed by atoms with Gasteiger partial charge in [0.2, 0.25) is 11.8 Å². The Morgan fingerprint density at radius 2 is 1.97 bits per heavy atom. The number of carbonyl (C=O) groups is 2. The summed E-state index contributed by atoms with van der Waals surface area (Å²) in [5.74, 6) is 0.639. The lowest BCUT2D eigenvalue weighted by atomic mass is 10.0. The van der Waals surface area contributed by atoms with Crippen LogP contribution in [-0.2, 0) is 16.1 Å². The van der Waals surface area contributed by atoms with E-state index in [-0.39, 0.29) is 17.9 Å². The van der Waals surface area contributed by atoms with Crippen molar-refractivity contribution in [2.24, 2.45) is 0 Å². The van der Waals surface area contributed by atoms with Crippen molar-refractivity contribution in [1.82, 2.24) is 15.2 Å². The molecule has 1 aliphatic heterocycles.